The topological polar surface area (TPSA) is 53.5 Å². The molecule has 2 aromatic carbocycles. The van der Waals surface area contributed by atoms with Crippen LogP contribution >= 0.6 is 11.3 Å². The van der Waals surface area contributed by atoms with Crippen LogP contribution in [0.25, 0.3) is 10.2 Å². The van der Waals surface area contributed by atoms with E-state index in [0.29, 0.717) is 17.9 Å². The molecule has 4 rings (SSSR count). The number of rotatable bonds is 4. The molecule has 1 aromatic heterocycles. The first kappa shape index (κ1) is 15.9. The molecule has 0 N–H and O–H groups in total. The monoisotopic (exact) mass is 351 g/mol. The lowest BCUT2D eigenvalue weighted by Crippen LogP contribution is -2.40. The van der Waals surface area contributed by atoms with E-state index in [1.807, 2.05) is 42.3 Å². The minimum atomic E-state index is -0.468. The van der Waals surface area contributed by atoms with E-state index in [4.69, 9.17) is 4.98 Å². The van der Waals surface area contributed by atoms with Gasteiger partial charge in [0.1, 0.15) is 5.01 Å². The van der Waals surface area contributed by atoms with Crippen molar-refractivity contribution in [3.8, 4) is 0 Å². The number of Topliss-reactive ketones (excluding diaryl/α,β-unsaturated/α-hetero) is 1. The summed E-state index contributed by atoms with van der Waals surface area (Å²) in [6.45, 7) is 2.41. The predicted octanol–water partition coefficient (Wildman–Crippen LogP) is 3.48. The summed E-state index contributed by atoms with van der Waals surface area (Å²) in [4.78, 5) is 32.7. The number of para-hydroxylation sites is 2. The summed E-state index contributed by atoms with van der Waals surface area (Å²) >= 11 is 1.66. The van der Waals surface area contributed by atoms with Gasteiger partial charge < -0.3 is 0 Å². The Morgan fingerprint density at radius 3 is 2.64 bits per heavy atom. The smallest absolute Gasteiger partial charge is 0.291 e. The van der Waals surface area contributed by atoms with Crippen LogP contribution in [0.4, 0.5) is 5.69 Å². The summed E-state index contributed by atoms with van der Waals surface area (Å²) in [5, 5.41) is 0.995. The van der Waals surface area contributed by atoms with Crippen LogP contribution in [0.15, 0.2) is 48.5 Å². The van der Waals surface area contributed by atoms with E-state index in [1.54, 1.807) is 28.4 Å². The molecule has 1 aliphatic heterocycles. The van der Waals surface area contributed by atoms with E-state index in [9.17, 15) is 9.59 Å². The van der Waals surface area contributed by atoms with Crippen molar-refractivity contribution < 1.29 is 9.59 Å². The first-order valence-corrected chi connectivity index (χ1v) is 8.89. The second kappa shape index (κ2) is 6.06. The van der Waals surface area contributed by atoms with Gasteiger partial charge in [-0.2, -0.15) is 0 Å². The molecule has 0 aliphatic carbocycles. The number of benzene rings is 2. The molecule has 0 radical (unpaired) electrons. The van der Waals surface area contributed by atoms with Crippen molar-refractivity contribution in [3.63, 3.8) is 0 Å². The normalized spacial score (nSPS) is 15.2. The molecule has 0 bridgehead atoms. The van der Waals surface area contributed by atoms with E-state index < -0.39 is 11.7 Å². The lowest BCUT2D eigenvalue weighted by Gasteiger charge is -2.28. The molecule has 5 nitrogen and oxygen atoms in total. The zero-order valence-electron chi connectivity index (χ0n) is 14.0. The van der Waals surface area contributed by atoms with Gasteiger partial charge >= 0.3 is 5.91 Å². The maximum Gasteiger partial charge on any atom is 0.300 e. The van der Waals surface area contributed by atoms with E-state index >= 15 is 0 Å². The second-order valence-electron chi connectivity index (χ2n) is 6.17. The van der Waals surface area contributed by atoms with Crippen LogP contribution in [0.3, 0.4) is 0 Å². The summed E-state index contributed by atoms with van der Waals surface area (Å²) in [7, 11) is 1.94. The van der Waals surface area contributed by atoms with Crippen LogP contribution in [0.2, 0.25) is 0 Å². The SMILES string of the molecule is CC(c1nc2ccccc2s1)N(C)CN1C(=O)C(=O)c2ccccc21. The molecule has 0 saturated carbocycles. The lowest BCUT2D eigenvalue weighted by atomic mass is 10.1. The molecular weight excluding hydrogens is 334 g/mol. The summed E-state index contributed by atoms with van der Waals surface area (Å²) in [5.41, 5.74) is 2.15. The summed E-state index contributed by atoms with van der Waals surface area (Å²) in [6.07, 6.45) is 0. The van der Waals surface area contributed by atoms with Crippen molar-refractivity contribution in [1.29, 1.82) is 0 Å². The minimum absolute atomic E-state index is 0.0352. The highest BCUT2D eigenvalue weighted by atomic mass is 32.1. The standard InChI is InChI=1S/C19H17N3O2S/c1-12(18-20-14-8-4-6-10-16(14)25-18)21(2)11-22-15-9-5-3-7-13(15)17(23)19(22)24/h3-10,12H,11H2,1-2H3. The van der Waals surface area contributed by atoms with Gasteiger partial charge in [0.2, 0.25) is 0 Å². The van der Waals surface area contributed by atoms with Crippen LogP contribution in [0, 0.1) is 0 Å². The first-order chi connectivity index (χ1) is 12.1. The number of aromatic nitrogens is 1. The van der Waals surface area contributed by atoms with Crippen molar-refractivity contribution in [1.82, 2.24) is 9.88 Å². The Balaban J connectivity index is 1.58. The lowest BCUT2D eigenvalue weighted by molar-refractivity contribution is -0.114. The summed E-state index contributed by atoms with van der Waals surface area (Å²) in [6, 6.07) is 15.2. The highest BCUT2D eigenvalue weighted by molar-refractivity contribution is 7.18. The number of amides is 1. The van der Waals surface area contributed by atoms with Crippen LogP contribution in [-0.4, -0.2) is 35.3 Å². The second-order valence-corrected chi connectivity index (χ2v) is 7.24. The van der Waals surface area contributed by atoms with Gasteiger partial charge in [0.15, 0.2) is 0 Å². The molecule has 2 heterocycles. The molecule has 25 heavy (non-hydrogen) atoms. The fourth-order valence-corrected chi connectivity index (χ4v) is 4.08. The molecule has 3 aromatic rings. The van der Waals surface area contributed by atoms with Crippen molar-refractivity contribution in [2.45, 2.75) is 13.0 Å². The molecule has 126 valence electrons. The number of carbonyl (C=O) groups is 2. The number of hydrogen-bond donors (Lipinski definition) is 0. The quantitative estimate of drug-likeness (QED) is 0.676. The van der Waals surface area contributed by atoms with E-state index in [2.05, 4.69) is 13.0 Å². The van der Waals surface area contributed by atoms with Gasteiger partial charge in [-0.1, -0.05) is 24.3 Å². The molecule has 0 fully saturated rings. The van der Waals surface area contributed by atoms with E-state index in [1.165, 1.54) is 0 Å². The largest absolute Gasteiger partial charge is 0.300 e. The molecule has 0 saturated heterocycles. The molecule has 1 atom stereocenters. The van der Waals surface area contributed by atoms with Crippen molar-refractivity contribution in [2.75, 3.05) is 18.6 Å². The van der Waals surface area contributed by atoms with Gasteiger partial charge in [-0.3, -0.25) is 19.4 Å². The molecule has 6 heteroatoms. The third-order valence-electron chi connectivity index (χ3n) is 4.57. The number of carbonyl (C=O) groups excluding carboxylic acids is 2. The molecular formula is C19H17N3O2S. The Hall–Kier alpha value is -2.57. The number of nitrogens with zero attached hydrogens (tertiary/aromatic N) is 3. The Bertz CT molecular complexity index is 948. The Morgan fingerprint density at radius 2 is 1.84 bits per heavy atom. The molecule has 1 amide bonds. The Kier molecular flexibility index (Phi) is 3.86. The maximum atomic E-state index is 12.3. The Morgan fingerprint density at radius 1 is 1.12 bits per heavy atom. The highest BCUT2D eigenvalue weighted by Gasteiger charge is 2.36. The van der Waals surface area contributed by atoms with Crippen LogP contribution in [0.1, 0.15) is 28.3 Å². The van der Waals surface area contributed by atoms with Gasteiger partial charge in [-0.05, 0) is 38.2 Å². The maximum absolute atomic E-state index is 12.3. The van der Waals surface area contributed by atoms with Crippen molar-refractivity contribution in [3.05, 3.63) is 59.1 Å². The Labute approximate surface area is 149 Å². The fourth-order valence-electron chi connectivity index (χ4n) is 2.99. The van der Waals surface area contributed by atoms with Gasteiger partial charge in [0, 0.05) is 0 Å². The van der Waals surface area contributed by atoms with Gasteiger partial charge in [0.25, 0.3) is 5.78 Å². The van der Waals surface area contributed by atoms with Crippen LogP contribution in [0.5, 0.6) is 0 Å². The first-order valence-electron chi connectivity index (χ1n) is 8.07. The average molecular weight is 351 g/mol. The number of ketones is 1. The van der Waals surface area contributed by atoms with Crippen molar-refractivity contribution >= 4 is 38.9 Å². The third-order valence-corrected chi connectivity index (χ3v) is 5.78. The average Bonchev–Trinajstić information content (AvgIpc) is 3.17. The van der Waals surface area contributed by atoms with E-state index in [-0.39, 0.29) is 6.04 Å². The molecule has 1 aliphatic rings. The van der Waals surface area contributed by atoms with E-state index in [0.717, 1.165) is 15.2 Å². The van der Waals surface area contributed by atoms with Crippen molar-refractivity contribution in [2.24, 2.45) is 0 Å². The number of anilines is 1. The zero-order chi connectivity index (χ0) is 17.6. The highest BCUT2D eigenvalue weighted by Crippen LogP contribution is 2.32. The summed E-state index contributed by atoms with van der Waals surface area (Å²) < 4.78 is 1.15. The predicted molar refractivity (Wildman–Crippen MR) is 98.9 cm³/mol. The third kappa shape index (κ3) is 2.63. The van der Waals surface area contributed by atoms with Gasteiger partial charge in [-0.15, -0.1) is 11.3 Å². The number of hydrogen-bond acceptors (Lipinski definition) is 5. The zero-order valence-corrected chi connectivity index (χ0v) is 14.8. The van der Waals surface area contributed by atoms with Gasteiger partial charge in [-0.25, -0.2) is 4.98 Å². The van der Waals surface area contributed by atoms with Gasteiger partial charge in [0.05, 0.1) is 34.2 Å². The number of thiazole rings is 1. The summed E-state index contributed by atoms with van der Waals surface area (Å²) in [5.74, 6) is -0.902. The fraction of sp³-hybridized carbons (Fsp3) is 0.211. The van der Waals surface area contributed by atoms with Crippen LogP contribution in [-0.2, 0) is 4.79 Å². The number of fused-ring (bicyclic) bond motifs is 2. The molecule has 1 unspecified atom stereocenters. The minimum Gasteiger partial charge on any atom is -0.291 e. The molecule has 0 spiro atoms. The van der Waals surface area contributed by atoms with Crippen LogP contribution < -0.4 is 4.90 Å².